The van der Waals surface area contributed by atoms with Crippen LogP contribution in [0.15, 0.2) is 48.2 Å². The van der Waals surface area contributed by atoms with Crippen molar-refractivity contribution in [2.45, 2.75) is 13.8 Å². The zero-order chi connectivity index (χ0) is 17.7. The summed E-state index contributed by atoms with van der Waals surface area (Å²) in [7, 11) is 0. The number of carbonyl (C=O) groups is 1. The van der Waals surface area contributed by atoms with Crippen molar-refractivity contribution in [2.75, 3.05) is 10.6 Å². The average molecular weight is 323 g/mol. The van der Waals surface area contributed by atoms with Gasteiger partial charge in [0.05, 0.1) is 0 Å². The van der Waals surface area contributed by atoms with E-state index < -0.39 is 5.91 Å². The highest BCUT2D eigenvalue weighted by molar-refractivity contribution is 6.07. The van der Waals surface area contributed by atoms with Crippen LogP contribution in [0.25, 0.3) is 0 Å². The molecule has 6 heteroatoms. The molecule has 1 amide bonds. The number of aromatic hydroxyl groups is 2. The maximum Gasteiger partial charge on any atom is 0.267 e. The van der Waals surface area contributed by atoms with Gasteiger partial charge in [0.15, 0.2) is 0 Å². The summed E-state index contributed by atoms with van der Waals surface area (Å²) in [5.41, 5.74) is 2.55. The predicted octanol–water partition coefficient (Wildman–Crippen LogP) is 3.17. The Bertz CT molecular complexity index is 851. The van der Waals surface area contributed by atoms with E-state index in [2.05, 4.69) is 10.6 Å². The third-order valence-corrected chi connectivity index (χ3v) is 3.41. The molecular formula is C18H17N3O3. The predicted molar refractivity (Wildman–Crippen MR) is 91.6 cm³/mol. The minimum Gasteiger partial charge on any atom is -0.508 e. The number of benzene rings is 2. The lowest BCUT2D eigenvalue weighted by molar-refractivity contribution is -0.112. The summed E-state index contributed by atoms with van der Waals surface area (Å²) in [6, 6.07) is 11.1. The van der Waals surface area contributed by atoms with E-state index in [1.807, 2.05) is 6.07 Å². The summed E-state index contributed by atoms with van der Waals surface area (Å²) in [4.78, 5) is 12.2. The highest BCUT2D eigenvalue weighted by Gasteiger charge is 2.11. The van der Waals surface area contributed by atoms with Crippen LogP contribution in [-0.2, 0) is 4.79 Å². The van der Waals surface area contributed by atoms with Crippen molar-refractivity contribution in [3.8, 4) is 17.6 Å². The van der Waals surface area contributed by atoms with Crippen LogP contribution >= 0.6 is 0 Å². The summed E-state index contributed by atoms with van der Waals surface area (Å²) < 4.78 is 0. The SMILES string of the molecule is Cc1cc(O)ccc1N/C=C(/C#N)C(=O)Nc1ccc(O)cc1C. The van der Waals surface area contributed by atoms with Crippen LogP contribution in [0.1, 0.15) is 11.1 Å². The van der Waals surface area contributed by atoms with Gasteiger partial charge in [0, 0.05) is 17.6 Å². The number of anilines is 2. The maximum absolute atomic E-state index is 12.2. The van der Waals surface area contributed by atoms with Crippen LogP contribution in [-0.4, -0.2) is 16.1 Å². The van der Waals surface area contributed by atoms with E-state index in [1.165, 1.54) is 24.4 Å². The second kappa shape index (κ2) is 7.20. The monoisotopic (exact) mass is 323 g/mol. The van der Waals surface area contributed by atoms with E-state index >= 15 is 0 Å². The Hall–Kier alpha value is -3.46. The molecule has 0 heterocycles. The van der Waals surface area contributed by atoms with Crippen molar-refractivity contribution in [3.63, 3.8) is 0 Å². The number of hydrogen-bond acceptors (Lipinski definition) is 5. The molecule has 0 aliphatic carbocycles. The fourth-order valence-electron chi connectivity index (χ4n) is 2.09. The molecule has 6 nitrogen and oxygen atoms in total. The Kier molecular flexibility index (Phi) is 5.07. The van der Waals surface area contributed by atoms with Gasteiger partial charge in [0.2, 0.25) is 0 Å². The van der Waals surface area contributed by atoms with Crippen LogP contribution in [0.3, 0.4) is 0 Å². The average Bonchev–Trinajstić information content (AvgIpc) is 2.52. The molecule has 0 atom stereocenters. The number of amides is 1. The number of carbonyl (C=O) groups excluding carboxylic acids is 1. The number of rotatable bonds is 4. The fourth-order valence-corrected chi connectivity index (χ4v) is 2.09. The largest absolute Gasteiger partial charge is 0.508 e. The van der Waals surface area contributed by atoms with E-state index in [9.17, 15) is 20.3 Å². The first kappa shape index (κ1) is 16.9. The molecule has 2 rings (SSSR count). The van der Waals surface area contributed by atoms with Gasteiger partial charge in [-0.3, -0.25) is 4.79 Å². The Morgan fingerprint density at radius 3 is 2.08 bits per heavy atom. The lowest BCUT2D eigenvalue weighted by Crippen LogP contribution is -2.15. The lowest BCUT2D eigenvalue weighted by atomic mass is 10.1. The molecule has 4 N–H and O–H groups in total. The minimum absolute atomic E-state index is 0.102. The first-order chi connectivity index (χ1) is 11.4. The topological polar surface area (TPSA) is 105 Å². The highest BCUT2D eigenvalue weighted by atomic mass is 16.3. The quantitative estimate of drug-likeness (QED) is 0.393. The number of nitrogens with zero attached hydrogens (tertiary/aromatic N) is 1. The van der Waals surface area contributed by atoms with Gasteiger partial charge in [0.25, 0.3) is 5.91 Å². The van der Waals surface area contributed by atoms with Crippen molar-refractivity contribution < 1.29 is 15.0 Å². The zero-order valence-corrected chi connectivity index (χ0v) is 13.3. The fraction of sp³-hybridized carbons (Fsp3) is 0.111. The molecule has 0 saturated carbocycles. The standard InChI is InChI=1S/C18H17N3O3/c1-11-7-14(22)3-5-16(11)20-10-13(9-19)18(24)21-17-6-4-15(23)8-12(17)2/h3-8,10,20,22-23H,1-2H3,(H,21,24)/b13-10-. The molecule has 0 aromatic heterocycles. The molecule has 0 fully saturated rings. The van der Waals surface area contributed by atoms with Gasteiger partial charge >= 0.3 is 0 Å². The minimum atomic E-state index is -0.560. The smallest absolute Gasteiger partial charge is 0.267 e. The van der Waals surface area contributed by atoms with Crippen LogP contribution in [0, 0.1) is 25.2 Å². The third-order valence-electron chi connectivity index (χ3n) is 3.41. The second-order valence-corrected chi connectivity index (χ2v) is 5.27. The molecule has 0 aliphatic rings. The number of aryl methyl sites for hydroxylation is 2. The summed E-state index contributed by atoms with van der Waals surface area (Å²) in [5.74, 6) is -0.315. The van der Waals surface area contributed by atoms with Crippen molar-refractivity contribution in [1.29, 1.82) is 5.26 Å². The van der Waals surface area contributed by atoms with Gasteiger partial charge in [-0.25, -0.2) is 0 Å². The normalized spacial score (nSPS) is 10.8. The molecule has 122 valence electrons. The first-order valence-electron chi connectivity index (χ1n) is 7.18. The number of nitrogens with one attached hydrogen (secondary N) is 2. The van der Waals surface area contributed by atoms with Crippen LogP contribution in [0.2, 0.25) is 0 Å². The molecule has 2 aromatic carbocycles. The van der Waals surface area contributed by atoms with E-state index in [4.69, 9.17) is 0 Å². The molecule has 2 aromatic rings. The van der Waals surface area contributed by atoms with Gasteiger partial charge in [-0.1, -0.05) is 0 Å². The Morgan fingerprint density at radius 1 is 1.04 bits per heavy atom. The van der Waals surface area contributed by atoms with Gasteiger partial charge in [-0.2, -0.15) is 5.26 Å². The molecule has 0 radical (unpaired) electrons. The van der Waals surface area contributed by atoms with Crippen molar-refractivity contribution in [3.05, 3.63) is 59.3 Å². The van der Waals surface area contributed by atoms with E-state index in [0.717, 1.165) is 5.56 Å². The summed E-state index contributed by atoms with van der Waals surface area (Å²) in [6.07, 6.45) is 1.31. The Morgan fingerprint density at radius 2 is 1.58 bits per heavy atom. The molecular weight excluding hydrogens is 306 g/mol. The number of hydrogen-bond donors (Lipinski definition) is 4. The molecule has 0 saturated heterocycles. The zero-order valence-electron chi connectivity index (χ0n) is 13.3. The number of phenolic OH excluding ortho intramolecular Hbond substituents is 2. The first-order valence-corrected chi connectivity index (χ1v) is 7.18. The molecule has 0 spiro atoms. The second-order valence-electron chi connectivity index (χ2n) is 5.27. The van der Waals surface area contributed by atoms with Gasteiger partial charge in [-0.05, 0) is 61.4 Å². The van der Waals surface area contributed by atoms with E-state index in [-0.39, 0.29) is 17.1 Å². The third kappa shape index (κ3) is 4.05. The van der Waals surface area contributed by atoms with Crippen LogP contribution in [0.4, 0.5) is 11.4 Å². The number of nitriles is 1. The highest BCUT2D eigenvalue weighted by Crippen LogP contribution is 2.22. The van der Waals surface area contributed by atoms with Crippen LogP contribution in [0.5, 0.6) is 11.5 Å². The number of phenols is 2. The van der Waals surface area contributed by atoms with E-state index in [0.29, 0.717) is 16.9 Å². The molecule has 24 heavy (non-hydrogen) atoms. The Labute approximate surface area is 139 Å². The van der Waals surface area contributed by atoms with E-state index in [1.54, 1.807) is 32.0 Å². The molecule has 0 unspecified atom stereocenters. The Balaban J connectivity index is 2.15. The summed E-state index contributed by atoms with van der Waals surface area (Å²) in [5, 5.41) is 33.5. The van der Waals surface area contributed by atoms with Crippen molar-refractivity contribution in [2.24, 2.45) is 0 Å². The van der Waals surface area contributed by atoms with Gasteiger partial charge in [-0.15, -0.1) is 0 Å². The maximum atomic E-state index is 12.2. The molecule has 0 aliphatic heterocycles. The summed E-state index contributed by atoms with van der Waals surface area (Å²) in [6.45, 7) is 3.53. The van der Waals surface area contributed by atoms with Crippen molar-refractivity contribution >= 4 is 17.3 Å². The van der Waals surface area contributed by atoms with Crippen molar-refractivity contribution in [1.82, 2.24) is 0 Å². The van der Waals surface area contributed by atoms with Crippen LogP contribution < -0.4 is 10.6 Å². The van der Waals surface area contributed by atoms with Gasteiger partial charge in [0.1, 0.15) is 23.1 Å². The summed E-state index contributed by atoms with van der Waals surface area (Å²) >= 11 is 0. The lowest BCUT2D eigenvalue weighted by Gasteiger charge is -2.09. The van der Waals surface area contributed by atoms with Gasteiger partial charge < -0.3 is 20.8 Å². The molecule has 0 bridgehead atoms.